The Kier molecular flexibility index (Phi) is 6.66. The van der Waals surface area contributed by atoms with Gasteiger partial charge in [0.25, 0.3) is 0 Å². The van der Waals surface area contributed by atoms with E-state index >= 15 is 0 Å². The first-order valence-electron chi connectivity index (χ1n) is 8.48. The molecule has 25 heavy (non-hydrogen) atoms. The smallest absolute Gasteiger partial charge is 0.230 e. The highest BCUT2D eigenvalue weighted by atomic mass is 32.2. The number of carbonyl (C=O) groups excluding carboxylic acids is 1. The Morgan fingerprint density at radius 1 is 1.36 bits per heavy atom. The first-order chi connectivity index (χ1) is 12.2. The molecule has 1 aliphatic rings. The Morgan fingerprint density at radius 3 is 3.00 bits per heavy atom. The molecule has 2 heterocycles. The van der Waals surface area contributed by atoms with E-state index in [-0.39, 0.29) is 11.9 Å². The number of benzene rings is 1. The number of anilines is 1. The maximum atomic E-state index is 12.2. The van der Waals surface area contributed by atoms with Crippen molar-refractivity contribution in [1.82, 2.24) is 20.4 Å². The molecule has 2 N–H and O–H groups in total. The van der Waals surface area contributed by atoms with Gasteiger partial charge >= 0.3 is 0 Å². The third-order valence-electron chi connectivity index (χ3n) is 3.95. The summed E-state index contributed by atoms with van der Waals surface area (Å²) in [5.74, 6) is 0.451. The van der Waals surface area contributed by atoms with Crippen molar-refractivity contribution in [3.8, 4) is 0 Å². The quantitative estimate of drug-likeness (QED) is 0.689. The molecule has 1 saturated heterocycles. The van der Waals surface area contributed by atoms with Crippen molar-refractivity contribution in [2.75, 3.05) is 30.7 Å². The topological polar surface area (TPSA) is 70.1 Å². The summed E-state index contributed by atoms with van der Waals surface area (Å²) in [5.41, 5.74) is 1.32. The number of amides is 1. The Bertz CT molecular complexity index is 679. The molecule has 0 radical (unpaired) electrons. The van der Waals surface area contributed by atoms with Crippen molar-refractivity contribution in [3.63, 3.8) is 0 Å². The molecule has 6 nitrogen and oxygen atoms in total. The van der Waals surface area contributed by atoms with Crippen LogP contribution in [-0.2, 0) is 11.3 Å². The van der Waals surface area contributed by atoms with Crippen LogP contribution in [0.2, 0.25) is 0 Å². The first kappa shape index (κ1) is 18.2. The molecule has 1 aromatic heterocycles. The largest absolute Gasteiger partial charge is 0.360 e. The highest BCUT2D eigenvalue weighted by Crippen LogP contribution is 2.25. The summed E-state index contributed by atoms with van der Waals surface area (Å²) in [4.78, 5) is 14.5. The zero-order chi connectivity index (χ0) is 17.5. The maximum Gasteiger partial charge on any atom is 0.230 e. The molecule has 1 atom stereocenters. The normalized spacial score (nSPS) is 17.6. The van der Waals surface area contributed by atoms with Crippen molar-refractivity contribution in [2.45, 2.75) is 30.3 Å². The number of hydrogen-bond donors (Lipinski definition) is 2. The van der Waals surface area contributed by atoms with Gasteiger partial charge < -0.3 is 10.6 Å². The monoisotopic (exact) mass is 377 g/mol. The predicted molar refractivity (Wildman–Crippen MR) is 103 cm³/mol. The molecule has 1 aliphatic heterocycles. The second-order valence-electron chi connectivity index (χ2n) is 5.97. The number of nitrogens with zero attached hydrogens (tertiary/aromatic N) is 3. The van der Waals surface area contributed by atoms with Crippen LogP contribution in [-0.4, -0.2) is 52.4 Å². The minimum Gasteiger partial charge on any atom is -0.360 e. The second-order valence-corrected chi connectivity index (χ2v) is 8.17. The number of thioether (sulfide) groups is 1. The Morgan fingerprint density at radius 2 is 2.20 bits per heavy atom. The van der Waals surface area contributed by atoms with Crippen LogP contribution in [0, 0.1) is 0 Å². The van der Waals surface area contributed by atoms with Gasteiger partial charge in [0, 0.05) is 32.2 Å². The van der Waals surface area contributed by atoms with E-state index in [1.165, 1.54) is 28.7 Å². The van der Waals surface area contributed by atoms with Gasteiger partial charge in [-0.3, -0.25) is 9.69 Å². The van der Waals surface area contributed by atoms with Crippen LogP contribution in [0.1, 0.15) is 18.9 Å². The van der Waals surface area contributed by atoms with Crippen molar-refractivity contribution < 1.29 is 4.79 Å². The van der Waals surface area contributed by atoms with E-state index in [9.17, 15) is 4.79 Å². The summed E-state index contributed by atoms with van der Waals surface area (Å²) in [6, 6.07) is 10.7. The predicted octanol–water partition coefficient (Wildman–Crippen LogP) is 2.45. The van der Waals surface area contributed by atoms with Gasteiger partial charge in [0.2, 0.25) is 11.0 Å². The van der Waals surface area contributed by atoms with Gasteiger partial charge in [-0.2, -0.15) is 0 Å². The van der Waals surface area contributed by atoms with Crippen LogP contribution in [0.4, 0.5) is 5.13 Å². The van der Waals surface area contributed by atoms with Gasteiger partial charge in [0.15, 0.2) is 4.34 Å². The van der Waals surface area contributed by atoms with Gasteiger partial charge in [-0.25, -0.2) is 0 Å². The van der Waals surface area contributed by atoms with Gasteiger partial charge in [-0.15, -0.1) is 10.2 Å². The lowest BCUT2D eigenvalue weighted by molar-refractivity contribution is -0.119. The lowest BCUT2D eigenvalue weighted by Gasteiger charge is -2.16. The molecule has 0 saturated carbocycles. The molecular formula is C17H23N5OS2. The average Bonchev–Trinajstić information content (AvgIpc) is 3.24. The number of hydrogen-bond acceptors (Lipinski definition) is 7. The molecule has 2 aromatic rings. The Labute approximate surface area is 156 Å². The summed E-state index contributed by atoms with van der Waals surface area (Å²) in [5, 5.41) is 15.2. The van der Waals surface area contributed by atoms with Crippen molar-refractivity contribution in [1.29, 1.82) is 0 Å². The van der Waals surface area contributed by atoms with Crippen LogP contribution in [0.3, 0.4) is 0 Å². The molecule has 1 unspecified atom stereocenters. The summed E-state index contributed by atoms with van der Waals surface area (Å²) < 4.78 is 0.822. The highest BCUT2D eigenvalue weighted by molar-refractivity contribution is 8.01. The van der Waals surface area contributed by atoms with E-state index in [0.29, 0.717) is 5.75 Å². The van der Waals surface area contributed by atoms with E-state index < -0.39 is 0 Å². The maximum absolute atomic E-state index is 12.2. The van der Waals surface area contributed by atoms with Crippen molar-refractivity contribution >= 4 is 34.1 Å². The van der Waals surface area contributed by atoms with Crippen LogP contribution in [0.25, 0.3) is 0 Å². The Balaban J connectivity index is 1.38. The van der Waals surface area contributed by atoms with Crippen LogP contribution in [0.5, 0.6) is 0 Å². The standard InChI is InChI=1S/C17H23N5OS2/c1-2-18-16-20-21-17(25-16)24-12-15(23)19-14-8-9-22(11-14)10-13-6-4-3-5-7-13/h3-7,14H,2,8-12H2,1H3,(H,18,20)(H,19,23). The number of rotatable bonds is 8. The summed E-state index contributed by atoms with van der Waals surface area (Å²) in [6.07, 6.45) is 1.01. The summed E-state index contributed by atoms with van der Waals surface area (Å²) >= 11 is 2.93. The minimum absolute atomic E-state index is 0.0664. The Hall–Kier alpha value is -1.64. The minimum atomic E-state index is 0.0664. The van der Waals surface area contributed by atoms with E-state index in [0.717, 1.165) is 42.1 Å². The summed E-state index contributed by atoms with van der Waals surface area (Å²) in [6.45, 7) is 5.72. The van der Waals surface area contributed by atoms with Crippen LogP contribution >= 0.6 is 23.1 Å². The molecular weight excluding hydrogens is 354 g/mol. The fraction of sp³-hybridized carbons (Fsp3) is 0.471. The molecule has 1 amide bonds. The van der Waals surface area contributed by atoms with Gasteiger partial charge in [0.1, 0.15) is 0 Å². The third-order valence-corrected chi connectivity index (χ3v) is 5.96. The van der Waals surface area contributed by atoms with E-state index in [2.05, 4.69) is 50.0 Å². The average molecular weight is 378 g/mol. The number of carbonyl (C=O) groups is 1. The highest BCUT2D eigenvalue weighted by Gasteiger charge is 2.23. The fourth-order valence-electron chi connectivity index (χ4n) is 2.82. The van der Waals surface area contributed by atoms with Crippen molar-refractivity contribution in [3.05, 3.63) is 35.9 Å². The lowest BCUT2D eigenvalue weighted by atomic mass is 10.2. The number of aromatic nitrogens is 2. The van der Waals surface area contributed by atoms with Crippen LogP contribution < -0.4 is 10.6 Å². The fourth-order valence-corrected chi connectivity index (χ4v) is 4.45. The molecule has 1 aromatic carbocycles. The van der Waals surface area contributed by atoms with Crippen molar-refractivity contribution in [2.24, 2.45) is 0 Å². The van der Waals surface area contributed by atoms with Gasteiger partial charge in [-0.05, 0) is 18.9 Å². The summed E-state index contributed by atoms with van der Waals surface area (Å²) in [7, 11) is 0. The van der Waals surface area contributed by atoms with Crippen LogP contribution in [0.15, 0.2) is 34.7 Å². The second kappa shape index (κ2) is 9.17. The molecule has 3 rings (SSSR count). The molecule has 1 fully saturated rings. The third kappa shape index (κ3) is 5.69. The number of nitrogens with one attached hydrogen (secondary N) is 2. The van der Waals surface area contributed by atoms with E-state index in [1.807, 2.05) is 13.0 Å². The van der Waals surface area contributed by atoms with Gasteiger partial charge in [-0.1, -0.05) is 53.4 Å². The van der Waals surface area contributed by atoms with Gasteiger partial charge in [0.05, 0.1) is 5.75 Å². The number of likely N-dealkylation sites (tertiary alicyclic amines) is 1. The van der Waals surface area contributed by atoms with E-state index in [4.69, 9.17) is 0 Å². The zero-order valence-corrected chi connectivity index (χ0v) is 15.9. The molecule has 8 heteroatoms. The SMILES string of the molecule is CCNc1nnc(SCC(=O)NC2CCN(Cc3ccccc3)C2)s1. The van der Waals surface area contributed by atoms with E-state index in [1.54, 1.807) is 0 Å². The zero-order valence-electron chi connectivity index (χ0n) is 14.3. The molecule has 0 spiro atoms. The lowest BCUT2D eigenvalue weighted by Crippen LogP contribution is -2.37. The first-order valence-corrected chi connectivity index (χ1v) is 10.3. The molecule has 0 bridgehead atoms. The molecule has 134 valence electrons. The molecule has 0 aliphatic carbocycles.